The van der Waals surface area contributed by atoms with Gasteiger partial charge in [0.05, 0.1) is 11.7 Å². The minimum absolute atomic E-state index is 0.124. The molecule has 3 fully saturated rings. The van der Waals surface area contributed by atoms with Crippen LogP contribution >= 0.6 is 0 Å². The van der Waals surface area contributed by atoms with Gasteiger partial charge in [-0.2, -0.15) is 0 Å². The molecule has 4 rings (SSSR count). The van der Waals surface area contributed by atoms with Gasteiger partial charge in [-0.3, -0.25) is 0 Å². The van der Waals surface area contributed by atoms with Crippen molar-refractivity contribution in [2.45, 2.75) is 111 Å². The van der Waals surface area contributed by atoms with Crippen molar-refractivity contribution in [3.63, 3.8) is 0 Å². The molecule has 2 N–H and O–H groups in total. The molecule has 4 aliphatic rings. The number of rotatable bonds is 6. The van der Waals surface area contributed by atoms with Crippen LogP contribution in [0.5, 0.6) is 0 Å². The van der Waals surface area contributed by atoms with Crippen molar-refractivity contribution in [1.82, 2.24) is 0 Å². The highest BCUT2D eigenvalue weighted by molar-refractivity contribution is 5.25. The molecule has 0 bridgehead atoms. The molecule has 0 heterocycles. The van der Waals surface area contributed by atoms with E-state index >= 15 is 0 Å². The van der Waals surface area contributed by atoms with E-state index < -0.39 is 5.60 Å². The first-order valence-electron chi connectivity index (χ1n) is 13.3. The summed E-state index contributed by atoms with van der Waals surface area (Å²) in [6.07, 6.45) is 15.7. The normalized spacial score (nSPS) is 45.2. The van der Waals surface area contributed by atoms with Gasteiger partial charge >= 0.3 is 0 Å². The molecular weight excluding hydrogens is 380 g/mol. The molecule has 31 heavy (non-hydrogen) atoms. The number of hydrogen-bond acceptors (Lipinski definition) is 2. The summed E-state index contributed by atoms with van der Waals surface area (Å²) in [4.78, 5) is 0. The maximum Gasteiger partial charge on any atom is 0.0653 e. The van der Waals surface area contributed by atoms with Crippen molar-refractivity contribution in [1.29, 1.82) is 0 Å². The summed E-state index contributed by atoms with van der Waals surface area (Å²) in [5.74, 6) is 3.77. The number of aliphatic hydroxyl groups is 2. The molecule has 0 aromatic rings. The lowest BCUT2D eigenvalue weighted by Crippen LogP contribution is -2.53. The van der Waals surface area contributed by atoms with Crippen LogP contribution < -0.4 is 0 Å². The van der Waals surface area contributed by atoms with Gasteiger partial charge in [0, 0.05) is 0 Å². The Labute approximate surface area is 191 Å². The summed E-state index contributed by atoms with van der Waals surface area (Å²) in [5, 5.41) is 22.0. The molecule has 0 spiro atoms. The third kappa shape index (κ3) is 3.88. The van der Waals surface area contributed by atoms with Crippen LogP contribution in [0.15, 0.2) is 24.3 Å². The molecule has 176 valence electrons. The van der Waals surface area contributed by atoms with Crippen LogP contribution in [0.2, 0.25) is 0 Å². The summed E-state index contributed by atoms with van der Waals surface area (Å²) in [6, 6.07) is 0. The third-order valence-corrected chi connectivity index (χ3v) is 11.0. The van der Waals surface area contributed by atoms with Crippen molar-refractivity contribution in [3.05, 3.63) is 24.3 Å². The molecule has 0 aromatic heterocycles. The summed E-state index contributed by atoms with van der Waals surface area (Å²) in [7, 11) is 0. The fraction of sp³-hybridized carbons (Fsp3) is 0.862. The zero-order valence-electron chi connectivity index (χ0n) is 20.9. The van der Waals surface area contributed by atoms with Crippen LogP contribution in [-0.2, 0) is 0 Å². The second-order valence-corrected chi connectivity index (χ2v) is 12.9. The molecule has 0 saturated heterocycles. The molecule has 0 aromatic carbocycles. The van der Waals surface area contributed by atoms with E-state index in [4.69, 9.17) is 0 Å². The van der Waals surface area contributed by atoms with Crippen molar-refractivity contribution >= 4 is 0 Å². The average molecular weight is 429 g/mol. The van der Waals surface area contributed by atoms with E-state index in [2.05, 4.69) is 53.3 Å². The molecule has 3 saturated carbocycles. The van der Waals surface area contributed by atoms with Gasteiger partial charge in [0.15, 0.2) is 0 Å². The third-order valence-electron chi connectivity index (χ3n) is 11.0. The number of allylic oxidation sites excluding steroid dienone is 2. The van der Waals surface area contributed by atoms with Gasteiger partial charge in [-0.15, -0.1) is 6.58 Å². The Bertz CT molecular complexity index is 706. The first kappa shape index (κ1) is 23.6. The zero-order valence-corrected chi connectivity index (χ0v) is 20.9. The van der Waals surface area contributed by atoms with Crippen LogP contribution in [0.4, 0.5) is 0 Å². The Kier molecular flexibility index (Phi) is 6.32. The first-order valence-corrected chi connectivity index (χ1v) is 13.3. The van der Waals surface area contributed by atoms with Gasteiger partial charge in [-0.05, 0) is 117 Å². The smallest absolute Gasteiger partial charge is 0.0653 e. The molecule has 0 aliphatic heterocycles. The van der Waals surface area contributed by atoms with Crippen molar-refractivity contribution in [2.75, 3.05) is 0 Å². The summed E-state index contributed by atoms with van der Waals surface area (Å²) >= 11 is 0. The second kappa shape index (κ2) is 8.32. The summed E-state index contributed by atoms with van der Waals surface area (Å²) < 4.78 is 0. The molecule has 0 radical (unpaired) electrons. The van der Waals surface area contributed by atoms with Crippen LogP contribution in [0, 0.1) is 46.3 Å². The number of fused-ring (bicyclic) bond motifs is 5. The summed E-state index contributed by atoms with van der Waals surface area (Å²) in [6.45, 7) is 15.8. The van der Waals surface area contributed by atoms with Gasteiger partial charge in [0.25, 0.3) is 0 Å². The van der Waals surface area contributed by atoms with E-state index in [0.29, 0.717) is 23.2 Å². The van der Waals surface area contributed by atoms with Crippen molar-refractivity contribution in [3.8, 4) is 0 Å². The lowest BCUT2D eigenvalue weighted by atomic mass is 9.46. The lowest BCUT2D eigenvalue weighted by molar-refractivity contribution is -0.106. The summed E-state index contributed by atoms with van der Waals surface area (Å²) in [5.41, 5.74) is 1.54. The molecule has 2 nitrogen and oxygen atoms in total. The Balaban J connectivity index is 1.52. The zero-order chi connectivity index (χ0) is 22.6. The van der Waals surface area contributed by atoms with E-state index in [1.807, 2.05) is 0 Å². The highest BCUT2D eigenvalue weighted by Gasteiger charge is 2.61. The standard InChI is InChI=1S/C29H48O2/c1-7-20(19(2)3)12-17-29(6,31)26-11-10-24-23-9-8-21-18-22(30)13-15-27(21,4)25(23)14-16-28(24,26)5/h7-8,19-20,22-26,30-31H,1,9-18H2,2-6H3. The number of hydrogen-bond donors (Lipinski definition) is 2. The van der Waals surface area contributed by atoms with Crippen molar-refractivity contribution < 1.29 is 10.2 Å². The number of aliphatic hydroxyl groups excluding tert-OH is 1. The lowest BCUT2D eigenvalue weighted by Gasteiger charge is -2.59. The Hall–Kier alpha value is -0.600. The van der Waals surface area contributed by atoms with Gasteiger partial charge in [0.2, 0.25) is 0 Å². The van der Waals surface area contributed by atoms with Gasteiger partial charge in [-0.25, -0.2) is 0 Å². The van der Waals surface area contributed by atoms with Crippen molar-refractivity contribution in [2.24, 2.45) is 46.3 Å². The molecule has 2 heteroatoms. The quantitative estimate of drug-likeness (QED) is 0.451. The fourth-order valence-electron chi connectivity index (χ4n) is 9.02. The van der Waals surface area contributed by atoms with Crippen LogP contribution in [-0.4, -0.2) is 21.9 Å². The predicted octanol–water partition coefficient (Wildman–Crippen LogP) is 6.92. The van der Waals surface area contributed by atoms with E-state index in [-0.39, 0.29) is 11.5 Å². The Morgan fingerprint density at radius 1 is 1.16 bits per heavy atom. The van der Waals surface area contributed by atoms with Gasteiger partial charge in [-0.1, -0.05) is 45.4 Å². The largest absolute Gasteiger partial charge is 0.393 e. The van der Waals surface area contributed by atoms with E-state index in [1.54, 1.807) is 5.57 Å². The molecule has 9 unspecified atom stereocenters. The topological polar surface area (TPSA) is 40.5 Å². The fourth-order valence-corrected chi connectivity index (χ4v) is 9.02. The van der Waals surface area contributed by atoms with E-state index in [0.717, 1.165) is 49.9 Å². The first-order chi connectivity index (χ1) is 14.5. The Morgan fingerprint density at radius 2 is 1.90 bits per heavy atom. The highest BCUT2D eigenvalue weighted by atomic mass is 16.3. The minimum atomic E-state index is -0.582. The molecule has 4 aliphatic carbocycles. The SMILES string of the molecule is C=CC(CCC(C)(O)C1CCC2C3CC=C4CC(O)CCC4(C)C3CCC21C)C(C)C. The Morgan fingerprint density at radius 3 is 2.58 bits per heavy atom. The van der Waals surface area contributed by atoms with Crippen LogP contribution in [0.3, 0.4) is 0 Å². The monoisotopic (exact) mass is 428 g/mol. The maximum atomic E-state index is 11.7. The van der Waals surface area contributed by atoms with E-state index in [9.17, 15) is 10.2 Å². The predicted molar refractivity (Wildman–Crippen MR) is 130 cm³/mol. The van der Waals surface area contributed by atoms with Crippen LogP contribution in [0.1, 0.15) is 98.8 Å². The van der Waals surface area contributed by atoms with Gasteiger partial charge < -0.3 is 10.2 Å². The molecule has 0 amide bonds. The minimum Gasteiger partial charge on any atom is -0.393 e. The molecular formula is C29H48O2. The average Bonchev–Trinajstić information content (AvgIpc) is 3.07. The van der Waals surface area contributed by atoms with E-state index in [1.165, 1.54) is 32.1 Å². The van der Waals surface area contributed by atoms with Gasteiger partial charge in [0.1, 0.15) is 0 Å². The second-order valence-electron chi connectivity index (χ2n) is 12.9. The maximum absolute atomic E-state index is 11.7. The molecule has 9 atom stereocenters. The van der Waals surface area contributed by atoms with Crippen LogP contribution in [0.25, 0.3) is 0 Å². The highest BCUT2D eigenvalue weighted by Crippen LogP contribution is 2.67.